The van der Waals surface area contributed by atoms with E-state index in [1.807, 2.05) is 19.9 Å². The molecule has 0 atom stereocenters. The van der Waals surface area contributed by atoms with E-state index in [0.29, 0.717) is 23.7 Å². The molecule has 0 saturated heterocycles. The van der Waals surface area contributed by atoms with Crippen LogP contribution in [0.5, 0.6) is 0 Å². The number of benzene rings is 1. The molecule has 0 unspecified atom stereocenters. The molecule has 2 amide bonds. The molecule has 0 aliphatic heterocycles. The van der Waals surface area contributed by atoms with Crippen molar-refractivity contribution in [2.45, 2.75) is 20.8 Å². The van der Waals surface area contributed by atoms with Gasteiger partial charge in [-0.1, -0.05) is 26.0 Å². The Kier molecular flexibility index (Phi) is 4.89. The van der Waals surface area contributed by atoms with Crippen LogP contribution in [0.1, 0.15) is 31.1 Å². The van der Waals surface area contributed by atoms with Crippen molar-refractivity contribution in [1.82, 2.24) is 5.32 Å². The maximum absolute atomic E-state index is 12.0. The number of para-hydroxylation sites is 1. The molecule has 1 aromatic rings. The van der Waals surface area contributed by atoms with Gasteiger partial charge in [0.2, 0.25) is 5.91 Å². The van der Waals surface area contributed by atoms with E-state index in [1.54, 1.807) is 25.2 Å². The van der Waals surface area contributed by atoms with Crippen molar-refractivity contribution in [1.29, 1.82) is 0 Å². The first kappa shape index (κ1) is 14.2. The normalized spacial score (nSPS) is 10.3. The second-order valence-electron chi connectivity index (χ2n) is 4.70. The Hall–Kier alpha value is -1.84. The van der Waals surface area contributed by atoms with Crippen molar-refractivity contribution in [3.8, 4) is 0 Å². The first-order valence-corrected chi connectivity index (χ1v) is 6.05. The molecule has 0 saturated carbocycles. The highest BCUT2D eigenvalue weighted by molar-refractivity contribution is 6.04. The standard InChI is InChI=1S/C14H20N2O2/c1-10(2)9-15-14(18)12-7-5-6-8-13(12)16(4)11(3)17/h5-8,10H,9H2,1-4H3,(H,15,18). The van der Waals surface area contributed by atoms with E-state index in [-0.39, 0.29) is 11.8 Å². The fraction of sp³-hybridized carbons (Fsp3) is 0.429. The van der Waals surface area contributed by atoms with E-state index < -0.39 is 0 Å². The van der Waals surface area contributed by atoms with E-state index >= 15 is 0 Å². The first-order chi connectivity index (χ1) is 8.43. The summed E-state index contributed by atoms with van der Waals surface area (Å²) in [4.78, 5) is 24.9. The van der Waals surface area contributed by atoms with Crippen LogP contribution < -0.4 is 10.2 Å². The number of carbonyl (C=O) groups excluding carboxylic acids is 2. The van der Waals surface area contributed by atoms with Crippen molar-refractivity contribution in [2.75, 3.05) is 18.5 Å². The van der Waals surface area contributed by atoms with Crippen LogP contribution in [0.15, 0.2) is 24.3 Å². The highest BCUT2D eigenvalue weighted by Gasteiger charge is 2.15. The van der Waals surface area contributed by atoms with Gasteiger partial charge in [-0.25, -0.2) is 0 Å². The van der Waals surface area contributed by atoms with Crippen molar-refractivity contribution in [3.63, 3.8) is 0 Å². The van der Waals surface area contributed by atoms with Gasteiger partial charge in [-0.2, -0.15) is 0 Å². The second kappa shape index (κ2) is 6.19. The topological polar surface area (TPSA) is 49.4 Å². The third kappa shape index (κ3) is 3.58. The molecule has 1 aromatic carbocycles. The number of amides is 2. The molecule has 1 N–H and O–H groups in total. The summed E-state index contributed by atoms with van der Waals surface area (Å²) >= 11 is 0. The summed E-state index contributed by atoms with van der Waals surface area (Å²) in [5.41, 5.74) is 1.15. The molecule has 0 aliphatic carbocycles. The summed E-state index contributed by atoms with van der Waals surface area (Å²) in [6.45, 7) is 6.17. The monoisotopic (exact) mass is 248 g/mol. The number of hydrogen-bond acceptors (Lipinski definition) is 2. The van der Waals surface area contributed by atoms with Crippen molar-refractivity contribution >= 4 is 17.5 Å². The number of carbonyl (C=O) groups is 2. The van der Waals surface area contributed by atoms with Gasteiger partial charge in [-0.15, -0.1) is 0 Å². The summed E-state index contributed by atoms with van der Waals surface area (Å²) in [5.74, 6) is 0.151. The largest absolute Gasteiger partial charge is 0.352 e. The van der Waals surface area contributed by atoms with Crippen LogP contribution in [0.3, 0.4) is 0 Å². The zero-order valence-electron chi connectivity index (χ0n) is 11.4. The maximum atomic E-state index is 12.0. The van der Waals surface area contributed by atoms with Gasteiger partial charge in [-0.3, -0.25) is 9.59 Å². The fourth-order valence-corrected chi connectivity index (χ4v) is 1.52. The van der Waals surface area contributed by atoms with Crippen LogP contribution in [-0.2, 0) is 4.79 Å². The Morgan fingerprint density at radius 3 is 2.44 bits per heavy atom. The average Bonchev–Trinajstić information content (AvgIpc) is 2.34. The Morgan fingerprint density at radius 2 is 1.89 bits per heavy atom. The summed E-state index contributed by atoms with van der Waals surface area (Å²) < 4.78 is 0. The molecule has 98 valence electrons. The molecule has 0 aliphatic rings. The van der Waals surface area contributed by atoms with E-state index in [1.165, 1.54) is 11.8 Å². The Morgan fingerprint density at radius 1 is 1.28 bits per heavy atom. The van der Waals surface area contributed by atoms with Gasteiger partial charge in [0.1, 0.15) is 0 Å². The van der Waals surface area contributed by atoms with Gasteiger partial charge in [0.25, 0.3) is 5.91 Å². The second-order valence-corrected chi connectivity index (χ2v) is 4.70. The number of nitrogens with one attached hydrogen (secondary N) is 1. The van der Waals surface area contributed by atoms with Crippen molar-refractivity contribution in [2.24, 2.45) is 5.92 Å². The van der Waals surface area contributed by atoms with E-state index in [4.69, 9.17) is 0 Å². The molecule has 0 spiro atoms. The van der Waals surface area contributed by atoms with Crippen LogP contribution in [0.2, 0.25) is 0 Å². The Bertz CT molecular complexity index is 441. The van der Waals surface area contributed by atoms with E-state index in [2.05, 4.69) is 5.32 Å². The lowest BCUT2D eigenvalue weighted by Crippen LogP contribution is -2.31. The minimum Gasteiger partial charge on any atom is -0.352 e. The number of nitrogens with zero attached hydrogens (tertiary/aromatic N) is 1. The van der Waals surface area contributed by atoms with Gasteiger partial charge >= 0.3 is 0 Å². The summed E-state index contributed by atoms with van der Waals surface area (Å²) in [6.07, 6.45) is 0. The zero-order chi connectivity index (χ0) is 13.7. The van der Waals surface area contributed by atoms with Crippen LogP contribution in [-0.4, -0.2) is 25.4 Å². The predicted molar refractivity (Wildman–Crippen MR) is 72.7 cm³/mol. The van der Waals surface area contributed by atoms with Gasteiger partial charge in [0, 0.05) is 20.5 Å². The van der Waals surface area contributed by atoms with Gasteiger partial charge in [-0.05, 0) is 18.1 Å². The summed E-state index contributed by atoms with van der Waals surface area (Å²) in [6, 6.07) is 7.10. The summed E-state index contributed by atoms with van der Waals surface area (Å²) in [7, 11) is 1.66. The lowest BCUT2D eigenvalue weighted by Gasteiger charge is -2.19. The number of anilines is 1. The highest BCUT2D eigenvalue weighted by Crippen LogP contribution is 2.19. The minimum atomic E-state index is -0.146. The minimum absolute atomic E-state index is 0.0980. The highest BCUT2D eigenvalue weighted by atomic mass is 16.2. The fourth-order valence-electron chi connectivity index (χ4n) is 1.52. The number of rotatable bonds is 4. The van der Waals surface area contributed by atoms with Gasteiger partial charge in [0.05, 0.1) is 11.3 Å². The molecular weight excluding hydrogens is 228 g/mol. The van der Waals surface area contributed by atoms with Crippen LogP contribution in [0.4, 0.5) is 5.69 Å². The molecular formula is C14H20N2O2. The van der Waals surface area contributed by atoms with Crippen molar-refractivity contribution in [3.05, 3.63) is 29.8 Å². The van der Waals surface area contributed by atoms with Gasteiger partial charge in [0.15, 0.2) is 0 Å². The smallest absolute Gasteiger partial charge is 0.253 e. The summed E-state index contributed by atoms with van der Waals surface area (Å²) in [5, 5.41) is 2.86. The average molecular weight is 248 g/mol. The van der Waals surface area contributed by atoms with E-state index in [0.717, 1.165) is 0 Å². The molecule has 0 aromatic heterocycles. The molecule has 0 bridgehead atoms. The molecule has 0 radical (unpaired) electrons. The van der Waals surface area contributed by atoms with Gasteiger partial charge < -0.3 is 10.2 Å². The lowest BCUT2D eigenvalue weighted by molar-refractivity contribution is -0.116. The molecule has 1 rings (SSSR count). The van der Waals surface area contributed by atoms with Crippen LogP contribution >= 0.6 is 0 Å². The molecule has 0 fully saturated rings. The molecule has 4 heteroatoms. The predicted octanol–water partition coefficient (Wildman–Crippen LogP) is 2.06. The van der Waals surface area contributed by atoms with Crippen LogP contribution in [0, 0.1) is 5.92 Å². The maximum Gasteiger partial charge on any atom is 0.253 e. The zero-order valence-corrected chi connectivity index (χ0v) is 11.4. The third-order valence-corrected chi connectivity index (χ3v) is 2.65. The van der Waals surface area contributed by atoms with Crippen molar-refractivity contribution < 1.29 is 9.59 Å². The Labute approximate surface area is 108 Å². The lowest BCUT2D eigenvalue weighted by atomic mass is 10.1. The van der Waals surface area contributed by atoms with E-state index in [9.17, 15) is 9.59 Å². The molecule has 18 heavy (non-hydrogen) atoms. The Balaban J connectivity index is 2.94. The third-order valence-electron chi connectivity index (χ3n) is 2.65. The quantitative estimate of drug-likeness (QED) is 0.886. The van der Waals surface area contributed by atoms with Crippen LogP contribution in [0.25, 0.3) is 0 Å². The first-order valence-electron chi connectivity index (χ1n) is 6.05. The SMILES string of the molecule is CC(=O)N(C)c1ccccc1C(=O)NCC(C)C. The molecule has 4 nitrogen and oxygen atoms in total. The molecule has 0 heterocycles. The number of hydrogen-bond donors (Lipinski definition) is 1.